The van der Waals surface area contributed by atoms with Gasteiger partial charge in [0.05, 0.1) is 40.7 Å². The lowest BCUT2D eigenvalue weighted by molar-refractivity contribution is -0.144. The smallest absolute Gasteiger partial charge is 0.246 e. The van der Waals surface area contributed by atoms with Crippen molar-refractivity contribution in [2.45, 2.75) is 131 Å². The van der Waals surface area contributed by atoms with Gasteiger partial charge in [0.25, 0.3) is 0 Å². The summed E-state index contributed by atoms with van der Waals surface area (Å²) in [5.74, 6) is 1.25. The van der Waals surface area contributed by atoms with Crippen LogP contribution < -0.4 is 20.7 Å². The Morgan fingerprint density at radius 1 is 0.875 bits per heavy atom. The molecule has 0 spiro atoms. The van der Waals surface area contributed by atoms with E-state index in [0.29, 0.717) is 42.4 Å². The maximum absolute atomic E-state index is 14.4. The highest BCUT2D eigenvalue weighted by molar-refractivity contribution is 7.15. The van der Waals surface area contributed by atoms with E-state index in [4.69, 9.17) is 21.3 Å². The molecule has 376 valence electrons. The van der Waals surface area contributed by atoms with Crippen LogP contribution in [0.2, 0.25) is 5.02 Å². The molecule has 3 aromatic heterocycles. The third-order valence-electron chi connectivity index (χ3n) is 14.1. The summed E-state index contributed by atoms with van der Waals surface area (Å²) in [4.78, 5) is 69.1. The van der Waals surface area contributed by atoms with Crippen molar-refractivity contribution in [3.05, 3.63) is 133 Å². The van der Waals surface area contributed by atoms with Gasteiger partial charge in [-0.3, -0.25) is 28.7 Å². The lowest BCUT2D eigenvalue weighted by Crippen LogP contribution is -2.58. The second-order valence-electron chi connectivity index (χ2n) is 20.7. The Morgan fingerprint density at radius 3 is 2.24 bits per heavy atom. The predicted octanol–water partition coefficient (Wildman–Crippen LogP) is 9.54. The number of likely N-dealkylation sites (tertiary alicyclic amines) is 1. The molecule has 4 amide bonds. The molecule has 6 aromatic rings. The van der Waals surface area contributed by atoms with Crippen LogP contribution in [0.3, 0.4) is 0 Å². The molecule has 5 heterocycles. The van der Waals surface area contributed by atoms with Crippen LogP contribution in [0.5, 0.6) is 5.75 Å². The Hall–Kier alpha value is -6.23. The molecule has 3 aromatic carbocycles. The minimum Gasteiger partial charge on any atom is -0.490 e. The van der Waals surface area contributed by atoms with Crippen LogP contribution in [-0.4, -0.2) is 84.8 Å². The summed E-state index contributed by atoms with van der Waals surface area (Å²) < 4.78 is 8.32. The van der Waals surface area contributed by atoms with Gasteiger partial charge < -0.3 is 25.6 Å². The molecule has 3 N–H and O–H groups in total. The highest BCUT2D eigenvalue weighted by atomic mass is 35.5. The number of amides is 4. The number of benzene rings is 3. The van der Waals surface area contributed by atoms with Gasteiger partial charge in [-0.2, -0.15) is 0 Å². The van der Waals surface area contributed by atoms with Crippen LogP contribution in [0.25, 0.3) is 15.4 Å². The number of aliphatic imine (C=N–C) groups is 1. The molecule has 0 bridgehead atoms. The minimum atomic E-state index is -0.848. The third kappa shape index (κ3) is 10.8. The summed E-state index contributed by atoms with van der Waals surface area (Å²) in [5, 5.41) is 20.0. The largest absolute Gasteiger partial charge is 0.490 e. The second kappa shape index (κ2) is 20.7. The first-order valence-corrected chi connectivity index (χ1v) is 26.7. The average Bonchev–Trinajstić information content (AvgIpc) is 4.10. The standard InChI is InChI=1S/C55H62ClN9O5S2/c1-29-22-44(52(68)58-31(3)36-12-14-38(15-13-36)49-32(4)57-28-71-49)64(27-29)53(69)50(55(7,8)9)61-45(66)23-35-10-20-41(21-11-35)70-42-24-40(25-42)59-46(67)26-43-51-63-62-34(6)65(51)54-47(30(2)33(5)72-54)48(60-43)37-16-18-39(56)19-17-37/h10-21,28-29,31,40,42-44,50H,22-27H2,1-9H3,(H,58,68)(H,59,67)(H,61,66)/t29-,31+,40?,42?,43?,44+,50-/m1/s1. The maximum atomic E-state index is 14.4. The molecule has 72 heavy (non-hydrogen) atoms. The fraction of sp³-hybridized carbons (Fsp3) is 0.418. The first-order valence-electron chi connectivity index (χ1n) is 24.6. The van der Waals surface area contributed by atoms with E-state index < -0.39 is 23.5 Å². The SMILES string of the molecule is Cc1ncsc1-c1ccc([C@H](C)NC(=O)[C@@H]2C[C@@H](C)CN2C(=O)[C@@H](NC(=O)Cc2ccc(OC3CC(NC(=O)CC4N=C(c5ccc(Cl)cc5)c5c(sc(C)c5C)-n5c(C)nnc54)C3)cc2)C(C)(C)C)cc1. The van der Waals surface area contributed by atoms with Crippen molar-refractivity contribution in [1.82, 2.24) is 40.6 Å². The molecular weight excluding hydrogens is 966 g/mol. The molecule has 0 radical (unpaired) electrons. The number of halogens is 1. The molecule has 1 unspecified atom stereocenters. The van der Waals surface area contributed by atoms with Gasteiger partial charge in [-0.15, -0.1) is 32.9 Å². The number of nitrogens with one attached hydrogen (secondary N) is 3. The number of fused-ring (bicyclic) bond motifs is 3. The summed E-state index contributed by atoms with van der Waals surface area (Å²) >= 11 is 9.54. The molecule has 1 aliphatic carbocycles. The summed E-state index contributed by atoms with van der Waals surface area (Å²) in [7, 11) is 0. The number of carbonyl (C=O) groups is 4. The summed E-state index contributed by atoms with van der Waals surface area (Å²) in [6, 6.07) is 20.8. The number of hydrogen-bond acceptors (Lipinski definition) is 11. The van der Waals surface area contributed by atoms with Crippen LogP contribution in [0, 0.1) is 39.0 Å². The molecule has 2 fully saturated rings. The van der Waals surface area contributed by atoms with Gasteiger partial charge in [-0.25, -0.2) is 4.98 Å². The zero-order chi connectivity index (χ0) is 51.2. The number of aromatic nitrogens is 4. The van der Waals surface area contributed by atoms with E-state index in [1.165, 1.54) is 4.88 Å². The number of hydrogen-bond donors (Lipinski definition) is 3. The van der Waals surface area contributed by atoms with Crippen molar-refractivity contribution in [2.24, 2.45) is 16.3 Å². The van der Waals surface area contributed by atoms with Gasteiger partial charge in [0.1, 0.15) is 40.8 Å². The zero-order valence-corrected chi connectivity index (χ0v) is 44.6. The Bertz CT molecular complexity index is 3020. The number of thiazole rings is 1. The van der Waals surface area contributed by atoms with Gasteiger partial charge in [-0.05, 0) is 98.9 Å². The van der Waals surface area contributed by atoms with Crippen molar-refractivity contribution in [3.8, 4) is 21.2 Å². The van der Waals surface area contributed by atoms with Crippen molar-refractivity contribution in [1.29, 1.82) is 0 Å². The van der Waals surface area contributed by atoms with E-state index in [2.05, 4.69) is 45.0 Å². The van der Waals surface area contributed by atoms with E-state index in [-0.39, 0.29) is 60.6 Å². The fourth-order valence-corrected chi connectivity index (χ4v) is 12.0. The fourth-order valence-electron chi connectivity index (χ4n) is 9.90. The third-order valence-corrected chi connectivity index (χ3v) is 16.5. The van der Waals surface area contributed by atoms with E-state index in [9.17, 15) is 19.2 Å². The first-order chi connectivity index (χ1) is 34.3. The highest BCUT2D eigenvalue weighted by Gasteiger charge is 2.44. The number of thiophene rings is 1. The van der Waals surface area contributed by atoms with E-state index in [1.807, 2.05) is 131 Å². The van der Waals surface area contributed by atoms with Gasteiger partial charge in [0, 0.05) is 46.5 Å². The molecule has 9 rings (SSSR count). The molecule has 3 aliphatic rings. The summed E-state index contributed by atoms with van der Waals surface area (Å²) in [6.45, 7) is 18.3. The van der Waals surface area contributed by atoms with E-state index in [0.717, 1.165) is 60.5 Å². The number of carbonyl (C=O) groups excluding carboxylic acids is 4. The average molecular weight is 1030 g/mol. The van der Waals surface area contributed by atoms with Gasteiger partial charge in [-0.1, -0.05) is 87.8 Å². The lowest BCUT2D eigenvalue weighted by Gasteiger charge is -2.36. The number of nitrogens with zero attached hydrogens (tertiary/aromatic N) is 6. The van der Waals surface area contributed by atoms with Crippen molar-refractivity contribution in [2.75, 3.05) is 6.54 Å². The quantitative estimate of drug-likeness (QED) is 0.0968. The monoisotopic (exact) mass is 1030 g/mol. The predicted molar refractivity (Wildman–Crippen MR) is 283 cm³/mol. The van der Waals surface area contributed by atoms with Crippen LogP contribution in [0.1, 0.15) is 122 Å². The number of aryl methyl sites for hydroxylation is 3. The second-order valence-corrected chi connectivity index (χ2v) is 23.2. The number of rotatable bonds is 14. The number of ether oxygens (including phenoxy) is 1. The molecule has 14 nitrogen and oxygen atoms in total. The Labute approximate surface area is 434 Å². The van der Waals surface area contributed by atoms with Crippen LogP contribution in [-0.2, 0) is 25.6 Å². The first kappa shape index (κ1) is 50.7. The molecule has 17 heteroatoms. The van der Waals surface area contributed by atoms with E-state index in [1.54, 1.807) is 27.6 Å². The molecule has 2 aliphatic heterocycles. The maximum Gasteiger partial charge on any atom is 0.246 e. The minimum absolute atomic E-state index is 0.0554. The van der Waals surface area contributed by atoms with Crippen LogP contribution in [0.15, 0.2) is 83.3 Å². The zero-order valence-electron chi connectivity index (χ0n) is 42.2. The van der Waals surface area contributed by atoms with Crippen molar-refractivity contribution < 1.29 is 23.9 Å². The van der Waals surface area contributed by atoms with Crippen molar-refractivity contribution >= 4 is 63.6 Å². The van der Waals surface area contributed by atoms with Gasteiger partial charge >= 0.3 is 0 Å². The van der Waals surface area contributed by atoms with Gasteiger partial charge in [0.15, 0.2) is 5.82 Å². The summed E-state index contributed by atoms with van der Waals surface area (Å²) in [6.07, 6.45) is 1.90. The van der Waals surface area contributed by atoms with Gasteiger partial charge in [0.2, 0.25) is 23.6 Å². The lowest BCUT2D eigenvalue weighted by atomic mass is 9.85. The summed E-state index contributed by atoms with van der Waals surface area (Å²) in [5.41, 5.74) is 8.86. The molecule has 1 saturated carbocycles. The Morgan fingerprint density at radius 2 is 1.57 bits per heavy atom. The van der Waals surface area contributed by atoms with E-state index >= 15 is 0 Å². The topological polar surface area (TPSA) is 173 Å². The van der Waals surface area contributed by atoms with Crippen molar-refractivity contribution in [3.63, 3.8) is 0 Å². The van der Waals surface area contributed by atoms with Crippen LogP contribution in [0.4, 0.5) is 0 Å². The molecule has 1 saturated heterocycles. The highest BCUT2D eigenvalue weighted by Crippen LogP contribution is 2.40. The Balaban J connectivity index is 0.768. The Kier molecular flexibility index (Phi) is 14.6. The molecule has 5 atom stereocenters. The molecular formula is C55H62ClN9O5S2. The van der Waals surface area contributed by atoms with Crippen LogP contribution >= 0.6 is 34.3 Å². The normalized spacial score (nSPS) is 20.3.